The molecule has 1 aromatic heterocycles. The number of nitrogens with zero attached hydrogens (tertiary/aromatic N) is 2. The van der Waals surface area contributed by atoms with Crippen LogP contribution in [-0.2, 0) is 0 Å². The second kappa shape index (κ2) is 7.34. The normalized spacial score (nSPS) is 10.9. The average molecular weight is 383 g/mol. The summed E-state index contributed by atoms with van der Waals surface area (Å²) < 4.78 is 14.0. The monoisotopic (exact) mass is 381 g/mol. The summed E-state index contributed by atoms with van der Waals surface area (Å²) in [5, 5.41) is 4.26. The molecule has 0 aliphatic heterocycles. The van der Waals surface area contributed by atoms with E-state index in [0.717, 1.165) is 17.3 Å². The molecule has 0 aliphatic carbocycles. The standard InChI is InChI=1S/C17H11Cl3FN3/c18-12-5-1-10(2-6-12)15(11-3-7-13(19)8-4-11)23-16-14(21)9-22-17(20)24-16/h1-9,15H,(H,22,23,24). The molecule has 7 heteroatoms. The Labute approximate surface area is 153 Å². The fraction of sp³-hybridized carbons (Fsp3) is 0.0588. The molecule has 0 saturated heterocycles. The van der Waals surface area contributed by atoms with Gasteiger partial charge in [0.2, 0.25) is 5.28 Å². The second-order valence-corrected chi connectivity index (χ2v) is 6.23. The number of hydrogen-bond donors (Lipinski definition) is 1. The maximum Gasteiger partial charge on any atom is 0.224 e. The van der Waals surface area contributed by atoms with E-state index in [-0.39, 0.29) is 17.1 Å². The third-order valence-electron chi connectivity index (χ3n) is 3.40. The molecule has 122 valence electrons. The molecule has 0 saturated carbocycles. The molecular weight excluding hydrogens is 372 g/mol. The predicted octanol–water partition coefficient (Wildman–Crippen LogP) is 5.78. The van der Waals surface area contributed by atoms with Gasteiger partial charge in [0.1, 0.15) is 0 Å². The highest BCUT2D eigenvalue weighted by molar-refractivity contribution is 6.30. The number of benzene rings is 2. The van der Waals surface area contributed by atoms with Gasteiger partial charge >= 0.3 is 0 Å². The van der Waals surface area contributed by atoms with E-state index >= 15 is 0 Å². The van der Waals surface area contributed by atoms with Crippen LogP contribution in [0.5, 0.6) is 0 Å². The molecule has 3 aromatic rings. The zero-order valence-electron chi connectivity index (χ0n) is 12.2. The lowest BCUT2D eigenvalue weighted by atomic mass is 9.99. The average Bonchev–Trinajstić information content (AvgIpc) is 2.58. The zero-order chi connectivity index (χ0) is 17.1. The van der Waals surface area contributed by atoms with E-state index in [0.29, 0.717) is 10.0 Å². The summed E-state index contributed by atoms with van der Waals surface area (Å²) in [6.45, 7) is 0. The van der Waals surface area contributed by atoms with Crippen molar-refractivity contribution in [2.45, 2.75) is 6.04 Å². The Morgan fingerprint density at radius 3 is 1.83 bits per heavy atom. The van der Waals surface area contributed by atoms with Gasteiger partial charge in [-0.2, -0.15) is 4.98 Å². The summed E-state index contributed by atoms with van der Waals surface area (Å²) in [5.74, 6) is -0.572. The van der Waals surface area contributed by atoms with Crippen LogP contribution in [0.2, 0.25) is 15.3 Å². The summed E-state index contributed by atoms with van der Waals surface area (Å²) >= 11 is 17.7. The van der Waals surface area contributed by atoms with Gasteiger partial charge in [-0.25, -0.2) is 9.37 Å². The Kier molecular flexibility index (Phi) is 5.19. The van der Waals surface area contributed by atoms with Gasteiger partial charge in [0.15, 0.2) is 11.6 Å². The molecule has 0 atom stereocenters. The van der Waals surface area contributed by atoms with Gasteiger partial charge in [0.25, 0.3) is 0 Å². The predicted molar refractivity (Wildman–Crippen MR) is 95.4 cm³/mol. The van der Waals surface area contributed by atoms with Crippen molar-refractivity contribution in [3.05, 3.63) is 87.0 Å². The fourth-order valence-electron chi connectivity index (χ4n) is 2.25. The van der Waals surface area contributed by atoms with E-state index in [1.807, 2.05) is 24.3 Å². The highest BCUT2D eigenvalue weighted by atomic mass is 35.5. The number of anilines is 1. The Hall–Kier alpha value is -1.88. The molecule has 24 heavy (non-hydrogen) atoms. The second-order valence-electron chi connectivity index (χ2n) is 5.02. The largest absolute Gasteiger partial charge is 0.357 e. The Balaban J connectivity index is 2.02. The molecule has 0 radical (unpaired) electrons. The number of nitrogens with one attached hydrogen (secondary N) is 1. The van der Waals surface area contributed by atoms with Gasteiger partial charge in [-0.3, -0.25) is 0 Å². The van der Waals surface area contributed by atoms with Gasteiger partial charge in [0, 0.05) is 10.0 Å². The minimum Gasteiger partial charge on any atom is -0.357 e. The molecule has 1 N–H and O–H groups in total. The number of rotatable bonds is 4. The Bertz CT molecular complexity index is 793. The maximum absolute atomic E-state index is 14.0. The van der Waals surface area contributed by atoms with Crippen molar-refractivity contribution >= 4 is 40.6 Å². The lowest BCUT2D eigenvalue weighted by Crippen LogP contribution is -2.14. The SMILES string of the molecule is Fc1cnc(Cl)nc1NC(c1ccc(Cl)cc1)c1ccc(Cl)cc1. The van der Waals surface area contributed by atoms with Crippen LogP contribution in [0.4, 0.5) is 10.2 Å². The molecule has 3 nitrogen and oxygen atoms in total. The van der Waals surface area contributed by atoms with Gasteiger partial charge in [-0.15, -0.1) is 0 Å². The van der Waals surface area contributed by atoms with E-state index in [4.69, 9.17) is 34.8 Å². The number of aromatic nitrogens is 2. The molecular formula is C17H11Cl3FN3. The number of halogens is 4. The molecule has 0 spiro atoms. The maximum atomic E-state index is 14.0. The van der Waals surface area contributed by atoms with Crippen LogP contribution in [0.1, 0.15) is 17.2 Å². The fourth-order valence-corrected chi connectivity index (χ4v) is 2.64. The van der Waals surface area contributed by atoms with Gasteiger partial charge in [-0.05, 0) is 47.0 Å². The quantitative estimate of drug-likeness (QED) is 0.581. The van der Waals surface area contributed by atoms with E-state index < -0.39 is 5.82 Å². The molecule has 0 fully saturated rings. The summed E-state index contributed by atoms with van der Waals surface area (Å²) in [4.78, 5) is 7.53. The first-order valence-electron chi connectivity index (χ1n) is 6.98. The third kappa shape index (κ3) is 3.96. The van der Waals surface area contributed by atoms with E-state index in [1.54, 1.807) is 24.3 Å². The van der Waals surface area contributed by atoms with E-state index in [2.05, 4.69) is 15.3 Å². The van der Waals surface area contributed by atoms with Crippen molar-refractivity contribution in [2.24, 2.45) is 0 Å². The summed E-state index contributed by atoms with van der Waals surface area (Å²) in [6.07, 6.45) is 1.03. The van der Waals surface area contributed by atoms with E-state index in [9.17, 15) is 4.39 Å². The van der Waals surface area contributed by atoms with Crippen molar-refractivity contribution in [1.29, 1.82) is 0 Å². The van der Waals surface area contributed by atoms with Crippen LogP contribution < -0.4 is 5.32 Å². The molecule has 0 amide bonds. The van der Waals surface area contributed by atoms with E-state index in [1.165, 1.54) is 0 Å². The lowest BCUT2D eigenvalue weighted by molar-refractivity contribution is 0.614. The molecule has 0 unspecified atom stereocenters. The third-order valence-corrected chi connectivity index (χ3v) is 4.09. The minimum atomic E-state index is -0.590. The first-order chi connectivity index (χ1) is 11.5. The van der Waals surface area contributed by atoms with Crippen molar-refractivity contribution < 1.29 is 4.39 Å². The minimum absolute atomic E-state index is 0.0184. The van der Waals surface area contributed by atoms with Gasteiger partial charge in [-0.1, -0.05) is 47.5 Å². The van der Waals surface area contributed by atoms with Crippen molar-refractivity contribution in [2.75, 3.05) is 5.32 Å². The van der Waals surface area contributed by atoms with Gasteiger partial charge in [0.05, 0.1) is 12.2 Å². The summed E-state index contributed by atoms with van der Waals surface area (Å²) in [7, 11) is 0. The molecule has 3 rings (SSSR count). The van der Waals surface area contributed by atoms with Crippen molar-refractivity contribution in [3.63, 3.8) is 0 Å². The van der Waals surface area contributed by atoms with Crippen LogP contribution in [0.25, 0.3) is 0 Å². The summed E-state index contributed by atoms with van der Waals surface area (Å²) in [5.41, 5.74) is 1.77. The summed E-state index contributed by atoms with van der Waals surface area (Å²) in [6, 6.07) is 14.1. The Morgan fingerprint density at radius 2 is 1.33 bits per heavy atom. The Morgan fingerprint density at radius 1 is 0.833 bits per heavy atom. The van der Waals surface area contributed by atoms with Gasteiger partial charge < -0.3 is 5.32 Å². The highest BCUT2D eigenvalue weighted by Gasteiger charge is 2.17. The molecule has 0 bridgehead atoms. The van der Waals surface area contributed by atoms with Crippen LogP contribution in [0, 0.1) is 5.82 Å². The lowest BCUT2D eigenvalue weighted by Gasteiger charge is -2.21. The zero-order valence-corrected chi connectivity index (χ0v) is 14.4. The molecule has 2 aromatic carbocycles. The van der Waals surface area contributed by atoms with Crippen molar-refractivity contribution in [3.8, 4) is 0 Å². The first kappa shape index (κ1) is 17.0. The van der Waals surface area contributed by atoms with Crippen LogP contribution in [0.3, 0.4) is 0 Å². The topological polar surface area (TPSA) is 37.8 Å². The number of hydrogen-bond acceptors (Lipinski definition) is 3. The molecule has 1 heterocycles. The molecule has 0 aliphatic rings. The van der Waals surface area contributed by atoms with Crippen LogP contribution in [0.15, 0.2) is 54.7 Å². The van der Waals surface area contributed by atoms with Crippen molar-refractivity contribution in [1.82, 2.24) is 9.97 Å². The van der Waals surface area contributed by atoms with Crippen LogP contribution >= 0.6 is 34.8 Å². The highest BCUT2D eigenvalue weighted by Crippen LogP contribution is 2.29. The first-order valence-corrected chi connectivity index (χ1v) is 8.12. The van der Waals surface area contributed by atoms with Crippen LogP contribution in [-0.4, -0.2) is 9.97 Å². The smallest absolute Gasteiger partial charge is 0.224 e.